The van der Waals surface area contributed by atoms with E-state index in [0.717, 1.165) is 33.0 Å². The summed E-state index contributed by atoms with van der Waals surface area (Å²) in [5.74, 6) is -0.897. The molecule has 0 amide bonds. The number of thiazole rings is 2. The normalized spacial score (nSPS) is 10.7. The first-order valence-corrected chi connectivity index (χ1v) is 9.16. The summed E-state index contributed by atoms with van der Waals surface area (Å²) in [5.41, 5.74) is 2.51. The van der Waals surface area contributed by atoms with Crippen LogP contribution in [-0.2, 0) is 11.3 Å². The molecule has 4 aromatic rings. The molecular formula is C17H14BrN3O3S2. The van der Waals surface area contributed by atoms with Crippen molar-refractivity contribution in [3.63, 3.8) is 0 Å². The van der Waals surface area contributed by atoms with Gasteiger partial charge in [-0.25, -0.2) is 14.3 Å². The van der Waals surface area contributed by atoms with Gasteiger partial charge in [-0.15, -0.1) is 39.7 Å². The zero-order chi connectivity index (χ0) is 17.4. The summed E-state index contributed by atoms with van der Waals surface area (Å²) in [6.45, 7) is 2.02. The van der Waals surface area contributed by atoms with Crippen LogP contribution in [0.15, 0.2) is 41.9 Å². The summed E-state index contributed by atoms with van der Waals surface area (Å²) in [6.07, 6.45) is 1.86. The first-order chi connectivity index (χ1) is 12.1. The molecule has 0 unspecified atom stereocenters. The molecule has 26 heavy (non-hydrogen) atoms. The number of aromatic hydroxyl groups is 1. The molecule has 0 fully saturated rings. The number of benzene rings is 1. The van der Waals surface area contributed by atoms with Gasteiger partial charge >= 0.3 is 5.97 Å². The predicted molar refractivity (Wildman–Crippen MR) is 106 cm³/mol. The van der Waals surface area contributed by atoms with Crippen LogP contribution in [-0.4, -0.2) is 25.7 Å². The molecule has 0 radical (unpaired) electrons. The van der Waals surface area contributed by atoms with Crippen LogP contribution in [0, 0.1) is 6.92 Å². The topological polar surface area (TPSA) is 76.7 Å². The molecule has 4 rings (SSSR count). The van der Waals surface area contributed by atoms with Crippen LogP contribution in [0.4, 0.5) is 0 Å². The number of hydrogen-bond donors (Lipinski definition) is 1. The smallest absolute Gasteiger partial charge is 0.354 e. The quantitative estimate of drug-likeness (QED) is 0.463. The Labute approximate surface area is 167 Å². The van der Waals surface area contributed by atoms with Gasteiger partial charge in [0.25, 0.3) is 0 Å². The number of esters is 1. The lowest BCUT2D eigenvalue weighted by molar-refractivity contribution is 0.0475. The Kier molecular flexibility index (Phi) is 5.40. The Balaban J connectivity index is 0.00000196. The van der Waals surface area contributed by atoms with E-state index in [4.69, 9.17) is 4.74 Å². The van der Waals surface area contributed by atoms with Gasteiger partial charge in [-0.2, -0.15) is 5.10 Å². The van der Waals surface area contributed by atoms with E-state index in [1.807, 2.05) is 48.8 Å². The average molecular weight is 452 g/mol. The molecule has 134 valence electrons. The number of rotatable bonds is 4. The maximum absolute atomic E-state index is 12.3. The minimum Gasteiger partial charge on any atom is -0.492 e. The average Bonchev–Trinajstić information content (AvgIpc) is 3.28. The largest absolute Gasteiger partial charge is 0.492 e. The fourth-order valence-electron chi connectivity index (χ4n) is 2.48. The molecule has 1 aromatic carbocycles. The summed E-state index contributed by atoms with van der Waals surface area (Å²) in [5, 5.41) is 17.0. The Morgan fingerprint density at radius 1 is 1.31 bits per heavy atom. The van der Waals surface area contributed by atoms with E-state index in [0.29, 0.717) is 5.01 Å². The Hall–Kier alpha value is -2.23. The number of aryl methyl sites for hydroxylation is 1. The summed E-state index contributed by atoms with van der Waals surface area (Å²) >= 11 is 2.64. The third-order valence-corrected chi connectivity index (χ3v) is 5.56. The number of nitrogens with zero attached hydrogens (tertiary/aromatic N) is 3. The molecular weight excluding hydrogens is 438 g/mol. The fraction of sp³-hybridized carbons (Fsp3) is 0.118. The Morgan fingerprint density at radius 3 is 2.85 bits per heavy atom. The molecule has 9 heteroatoms. The van der Waals surface area contributed by atoms with E-state index in [9.17, 15) is 9.90 Å². The van der Waals surface area contributed by atoms with Crippen molar-refractivity contribution < 1.29 is 14.6 Å². The second kappa shape index (κ2) is 7.56. The van der Waals surface area contributed by atoms with Crippen LogP contribution in [0.3, 0.4) is 0 Å². The molecule has 3 heterocycles. The number of fused-ring (bicyclic) bond motifs is 1. The van der Waals surface area contributed by atoms with Gasteiger partial charge in [0.1, 0.15) is 16.4 Å². The van der Waals surface area contributed by atoms with Crippen LogP contribution in [0.5, 0.6) is 5.88 Å². The lowest BCUT2D eigenvalue weighted by atomic mass is 10.2. The van der Waals surface area contributed by atoms with Crippen molar-refractivity contribution in [2.24, 2.45) is 0 Å². The lowest BCUT2D eigenvalue weighted by Gasteiger charge is -2.02. The van der Waals surface area contributed by atoms with Gasteiger partial charge in [-0.3, -0.25) is 0 Å². The third kappa shape index (κ3) is 3.37. The summed E-state index contributed by atoms with van der Waals surface area (Å²) in [7, 11) is 0. The van der Waals surface area contributed by atoms with Gasteiger partial charge < -0.3 is 9.84 Å². The fourth-order valence-corrected chi connectivity index (χ4v) is 4.37. The van der Waals surface area contributed by atoms with E-state index in [2.05, 4.69) is 10.1 Å². The first-order valence-electron chi connectivity index (χ1n) is 7.47. The van der Waals surface area contributed by atoms with E-state index in [1.54, 1.807) is 4.52 Å². The zero-order valence-corrected chi connectivity index (χ0v) is 16.9. The van der Waals surface area contributed by atoms with Gasteiger partial charge in [-0.05, 0) is 12.5 Å². The van der Waals surface area contributed by atoms with Crippen molar-refractivity contribution in [3.05, 3.63) is 58.0 Å². The van der Waals surface area contributed by atoms with E-state index >= 15 is 0 Å². The van der Waals surface area contributed by atoms with Gasteiger partial charge in [0.2, 0.25) is 5.88 Å². The predicted octanol–water partition coefficient (Wildman–Crippen LogP) is 4.47. The highest BCUT2D eigenvalue weighted by Gasteiger charge is 2.23. The third-order valence-electron chi connectivity index (χ3n) is 3.64. The molecule has 0 saturated carbocycles. The van der Waals surface area contributed by atoms with Crippen LogP contribution in [0.2, 0.25) is 0 Å². The molecule has 0 aliphatic rings. The number of carbonyl (C=O) groups is 1. The van der Waals surface area contributed by atoms with Crippen molar-refractivity contribution in [3.8, 4) is 16.5 Å². The zero-order valence-electron chi connectivity index (χ0n) is 13.6. The highest BCUT2D eigenvalue weighted by molar-refractivity contribution is 8.93. The van der Waals surface area contributed by atoms with Gasteiger partial charge in [0, 0.05) is 11.6 Å². The summed E-state index contributed by atoms with van der Waals surface area (Å²) in [4.78, 5) is 17.5. The van der Waals surface area contributed by atoms with Crippen molar-refractivity contribution >= 4 is 50.5 Å². The van der Waals surface area contributed by atoms with Crippen molar-refractivity contribution in [1.29, 1.82) is 0 Å². The number of aromatic nitrogens is 3. The van der Waals surface area contributed by atoms with E-state index in [-0.39, 0.29) is 34.3 Å². The highest BCUT2D eigenvalue weighted by Crippen LogP contribution is 2.37. The summed E-state index contributed by atoms with van der Waals surface area (Å²) in [6, 6.07) is 9.39. The van der Waals surface area contributed by atoms with Crippen LogP contribution < -0.4 is 0 Å². The van der Waals surface area contributed by atoms with Crippen molar-refractivity contribution in [2.45, 2.75) is 13.5 Å². The number of ether oxygens (including phenoxy) is 1. The molecule has 0 spiro atoms. The van der Waals surface area contributed by atoms with E-state index in [1.165, 1.54) is 11.3 Å². The summed E-state index contributed by atoms with van der Waals surface area (Å²) < 4.78 is 7.05. The monoisotopic (exact) mass is 451 g/mol. The maximum atomic E-state index is 12.3. The lowest BCUT2D eigenvalue weighted by Crippen LogP contribution is -2.03. The minimum atomic E-state index is -0.586. The molecule has 0 aliphatic heterocycles. The van der Waals surface area contributed by atoms with Crippen molar-refractivity contribution in [1.82, 2.24) is 14.6 Å². The first kappa shape index (κ1) is 18.6. The van der Waals surface area contributed by atoms with Crippen LogP contribution in [0.25, 0.3) is 15.4 Å². The Bertz CT molecular complexity index is 1060. The SMILES string of the molecule is Br.Cc1nn2ccsc2c1-c1nc(O)c(C(=O)OCc2ccccc2)s1. The molecule has 0 aliphatic carbocycles. The maximum Gasteiger partial charge on any atom is 0.354 e. The number of halogens is 1. The van der Waals surface area contributed by atoms with Crippen molar-refractivity contribution in [2.75, 3.05) is 0 Å². The van der Waals surface area contributed by atoms with E-state index < -0.39 is 5.97 Å². The van der Waals surface area contributed by atoms with Crippen LogP contribution >= 0.6 is 39.7 Å². The van der Waals surface area contributed by atoms with Gasteiger partial charge in [0.15, 0.2) is 4.88 Å². The van der Waals surface area contributed by atoms with Gasteiger partial charge in [0.05, 0.1) is 11.3 Å². The minimum absolute atomic E-state index is 0. The molecule has 0 saturated heterocycles. The molecule has 0 bridgehead atoms. The highest BCUT2D eigenvalue weighted by atomic mass is 79.9. The molecule has 0 atom stereocenters. The standard InChI is InChI=1S/C17H13N3O3S2.BrH/c1-10-12(16-20(19-10)7-8-24-16)15-18-14(21)13(25-15)17(22)23-9-11-5-3-2-4-6-11;/h2-8,21H,9H2,1H3;1H. The molecule has 6 nitrogen and oxygen atoms in total. The Morgan fingerprint density at radius 2 is 2.08 bits per heavy atom. The number of carbonyl (C=O) groups excluding carboxylic acids is 1. The molecule has 1 N–H and O–H groups in total. The van der Waals surface area contributed by atoms with Gasteiger partial charge in [-0.1, -0.05) is 30.3 Å². The second-order valence-corrected chi connectivity index (χ2v) is 7.24. The van der Waals surface area contributed by atoms with Crippen LogP contribution in [0.1, 0.15) is 20.9 Å². The number of hydrogen-bond acceptors (Lipinski definition) is 7. The molecule has 3 aromatic heterocycles. The second-order valence-electron chi connectivity index (χ2n) is 5.35.